The van der Waals surface area contributed by atoms with E-state index in [4.69, 9.17) is 18.9 Å². The number of rotatable bonds is 9. The van der Waals surface area contributed by atoms with E-state index in [1.54, 1.807) is 24.8 Å². The molecular weight excluding hydrogens is 792 g/mol. The number of ether oxygens (including phenoxy) is 4. The molecule has 0 radical (unpaired) electrons. The van der Waals surface area contributed by atoms with Gasteiger partial charge in [-0.05, 0) is 118 Å². The number of benzene rings is 3. The third-order valence-electron chi connectivity index (χ3n) is 9.56. The van der Waals surface area contributed by atoms with E-state index in [1.807, 2.05) is 110 Å². The minimum atomic E-state index is -2.29. The number of hydrogen-bond acceptors (Lipinski definition) is 9. The number of nitrogens with zero attached hydrogens (tertiary/aromatic N) is 2. The van der Waals surface area contributed by atoms with Crippen LogP contribution in [0.25, 0.3) is 0 Å². The van der Waals surface area contributed by atoms with Crippen LogP contribution in [0.15, 0.2) is 103 Å². The summed E-state index contributed by atoms with van der Waals surface area (Å²) in [5.74, 6) is -0.555. The van der Waals surface area contributed by atoms with Crippen LogP contribution in [0.1, 0.15) is 102 Å². The Bertz CT molecular complexity index is 1850. The average molecular weight is 861 g/mol. The standard InChI is InChI=1S/C23H23O2P.C15H25NO4.C10H17NO3.CH4/c1-3-25-23(24)19(2)26(20-13-7-4-8-14-20,21-15-9-5-10-16-21)22-17-11-6-12-18-22;1-6-19-13(17)11(2)10-12-8-7-9-16(12)14(18)20-15(3,4)5;1-10(2,3)14-9(13)11-6-4-5-8(11)7-12;/h4-18H,3H2,1-2H3;10,12H,6-9H2,1-5H3;7-8H,4-6H2,1-3H3;1H4/b;11-10+;;/t;12-;8-;/m.00./s1. The van der Waals surface area contributed by atoms with Crippen LogP contribution >= 0.6 is 6.89 Å². The second-order valence-corrected chi connectivity index (χ2v) is 20.0. The largest absolute Gasteiger partial charge is 0.463 e. The molecule has 3 aromatic rings. The molecule has 11 nitrogen and oxygen atoms in total. The second-order valence-electron chi connectivity index (χ2n) is 16.5. The second kappa shape index (κ2) is 24.3. The lowest BCUT2D eigenvalue weighted by atomic mass is 10.1. The molecule has 2 aliphatic rings. The number of carbonyl (C=O) groups is 5. The van der Waals surface area contributed by atoms with Crippen molar-refractivity contribution in [3.05, 3.63) is 103 Å². The fourth-order valence-corrected chi connectivity index (χ4v) is 11.2. The molecule has 12 heteroatoms. The summed E-state index contributed by atoms with van der Waals surface area (Å²) in [6.45, 7) is 18.0. The minimum Gasteiger partial charge on any atom is -0.463 e. The van der Waals surface area contributed by atoms with Crippen molar-refractivity contribution in [3.63, 3.8) is 0 Å². The fourth-order valence-electron chi connectivity index (χ4n) is 6.95. The average Bonchev–Trinajstić information content (AvgIpc) is 3.89. The van der Waals surface area contributed by atoms with Crippen molar-refractivity contribution in [3.8, 4) is 0 Å². The van der Waals surface area contributed by atoms with Gasteiger partial charge in [0.15, 0.2) is 0 Å². The third kappa shape index (κ3) is 15.1. The van der Waals surface area contributed by atoms with Gasteiger partial charge in [-0.15, -0.1) is 0 Å². The molecule has 2 aliphatic heterocycles. The quantitative estimate of drug-likeness (QED) is 0.0682. The molecule has 61 heavy (non-hydrogen) atoms. The summed E-state index contributed by atoms with van der Waals surface area (Å²) in [5, 5.41) is 4.23. The molecule has 2 amide bonds. The predicted molar refractivity (Wildman–Crippen MR) is 248 cm³/mol. The van der Waals surface area contributed by atoms with E-state index >= 15 is 0 Å². The maximum atomic E-state index is 12.9. The number of aldehydes is 1. The summed E-state index contributed by atoms with van der Waals surface area (Å²) in [7, 11) is 0. The van der Waals surface area contributed by atoms with Gasteiger partial charge in [-0.1, -0.05) is 104 Å². The number of likely N-dealkylation sites (tertiary alicyclic amines) is 2. The Hall–Kier alpha value is -5.15. The molecule has 0 aliphatic carbocycles. The van der Waals surface area contributed by atoms with E-state index in [-0.39, 0.29) is 43.6 Å². The molecule has 5 rings (SSSR count). The number of amides is 2. The molecule has 334 valence electrons. The highest BCUT2D eigenvalue weighted by molar-refractivity contribution is 7.96. The van der Waals surface area contributed by atoms with Gasteiger partial charge in [0.05, 0.1) is 25.3 Å². The molecular formula is C49H69N2O9P. The summed E-state index contributed by atoms with van der Waals surface area (Å²) in [6, 6.07) is 30.6. The molecule has 2 fully saturated rings. The molecule has 2 atom stereocenters. The zero-order valence-electron chi connectivity index (χ0n) is 37.1. The van der Waals surface area contributed by atoms with Crippen LogP contribution < -0.4 is 15.9 Å². The molecule has 2 saturated heterocycles. The Balaban J connectivity index is 0.000000328. The molecule has 0 spiro atoms. The van der Waals surface area contributed by atoms with Crippen LogP contribution in [0.3, 0.4) is 0 Å². The van der Waals surface area contributed by atoms with Crippen LogP contribution in [0, 0.1) is 0 Å². The molecule has 0 bridgehead atoms. The van der Waals surface area contributed by atoms with Gasteiger partial charge in [-0.3, -0.25) is 4.90 Å². The Morgan fingerprint density at radius 2 is 0.984 bits per heavy atom. The van der Waals surface area contributed by atoms with E-state index in [9.17, 15) is 24.0 Å². The van der Waals surface area contributed by atoms with Crippen molar-refractivity contribution in [1.82, 2.24) is 9.80 Å². The topological polar surface area (TPSA) is 129 Å². The maximum absolute atomic E-state index is 12.9. The van der Waals surface area contributed by atoms with Gasteiger partial charge in [0, 0.05) is 24.0 Å². The number of hydrogen-bond donors (Lipinski definition) is 0. The molecule has 2 heterocycles. The Morgan fingerprint density at radius 1 is 0.623 bits per heavy atom. The van der Waals surface area contributed by atoms with Gasteiger partial charge < -0.3 is 28.6 Å². The summed E-state index contributed by atoms with van der Waals surface area (Å²) in [4.78, 5) is 62.0. The van der Waals surface area contributed by atoms with Crippen LogP contribution in [0.4, 0.5) is 9.59 Å². The smallest absolute Gasteiger partial charge is 0.410 e. The van der Waals surface area contributed by atoms with Crippen molar-refractivity contribution in [1.29, 1.82) is 0 Å². The third-order valence-corrected chi connectivity index (χ3v) is 14.0. The summed E-state index contributed by atoms with van der Waals surface area (Å²) in [6.07, 6.45) is 5.30. The van der Waals surface area contributed by atoms with E-state index in [2.05, 4.69) is 36.4 Å². The van der Waals surface area contributed by atoms with Crippen molar-refractivity contribution in [2.24, 2.45) is 0 Å². The lowest BCUT2D eigenvalue weighted by Gasteiger charge is -2.31. The van der Waals surface area contributed by atoms with Gasteiger partial charge in [-0.2, -0.15) is 0 Å². The van der Waals surface area contributed by atoms with Crippen LogP contribution in [-0.2, 0) is 33.3 Å². The highest BCUT2D eigenvalue weighted by Crippen LogP contribution is 2.46. The van der Waals surface area contributed by atoms with Gasteiger partial charge in [-0.25, -0.2) is 19.2 Å². The van der Waals surface area contributed by atoms with Crippen LogP contribution in [0.2, 0.25) is 0 Å². The normalized spacial score (nSPS) is 16.3. The molecule has 0 N–H and O–H groups in total. The van der Waals surface area contributed by atoms with Gasteiger partial charge in [0.25, 0.3) is 0 Å². The first-order valence-electron chi connectivity index (χ1n) is 20.8. The molecule has 0 saturated carbocycles. The van der Waals surface area contributed by atoms with Gasteiger partial charge >= 0.3 is 24.1 Å². The number of carbonyl (C=O) groups excluding carboxylic acids is 5. The van der Waals surface area contributed by atoms with E-state index < -0.39 is 18.1 Å². The van der Waals surface area contributed by atoms with Crippen LogP contribution in [-0.4, -0.2) is 95.1 Å². The SMILES string of the molecule is C.CC(C)(C)OC(=O)N1CCC[C@H]1C=O.CCOC(=O)/C(C)=C/[C@@H]1CCCN1C(=O)OC(C)(C)C.CCOC(=O)C(C)=P(c1ccccc1)(c1ccccc1)c1ccccc1. The van der Waals surface area contributed by atoms with E-state index in [1.165, 1.54) is 4.90 Å². The molecule has 0 unspecified atom stereocenters. The first-order chi connectivity index (χ1) is 28.4. The first kappa shape index (κ1) is 52.0. The van der Waals surface area contributed by atoms with E-state index in [0.29, 0.717) is 31.9 Å². The zero-order valence-corrected chi connectivity index (χ0v) is 38.0. The lowest BCUT2D eigenvalue weighted by Crippen LogP contribution is -2.40. The van der Waals surface area contributed by atoms with Crippen molar-refractivity contribution >= 4 is 58.5 Å². The van der Waals surface area contributed by atoms with E-state index in [0.717, 1.165) is 53.2 Å². The van der Waals surface area contributed by atoms with Crippen molar-refractivity contribution < 1.29 is 42.9 Å². The van der Waals surface area contributed by atoms with Gasteiger partial charge in [0.2, 0.25) is 0 Å². The number of esters is 2. The lowest BCUT2D eigenvalue weighted by molar-refractivity contribution is -0.138. The molecule has 0 aromatic heterocycles. The minimum absolute atomic E-state index is 0. The monoisotopic (exact) mass is 860 g/mol. The van der Waals surface area contributed by atoms with Gasteiger partial charge in [0.1, 0.15) is 17.5 Å². The highest BCUT2D eigenvalue weighted by atomic mass is 31.2. The fraction of sp³-hybridized carbons (Fsp3) is 0.469. The van der Waals surface area contributed by atoms with Crippen molar-refractivity contribution in [2.45, 2.75) is 126 Å². The maximum Gasteiger partial charge on any atom is 0.410 e. The summed E-state index contributed by atoms with van der Waals surface area (Å²) < 4.78 is 20.9. The predicted octanol–water partition coefficient (Wildman–Crippen LogP) is 8.85. The Kier molecular flexibility index (Phi) is 20.7. The molecule has 3 aromatic carbocycles. The summed E-state index contributed by atoms with van der Waals surface area (Å²) >= 11 is 0. The zero-order chi connectivity index (χ0) is 44.5. The van der Waals surface area contributed by atoms with Crippen molar-refractivity contribution in [2.75, 3.05) is 26.3 Å². The Labute approximate surface area is 364 Å². The summed E-state index contributed by atoms with van der Waals surface area (Å²) in [5.41, 5.74) is -0.468. The Morgan fingerprint density at radius 3 is 1.34 bits per heavy atom. The first-order valence-corrected chi connectivity index (χ1v) is 22.6. The highest BCUT2D eigenvalue weighted by Gasteiger charge is 2.34. The van der Waals surface area contributed by atoms with Crippen LogP contribution in [0.5, 0.6) is 0 Å².